The van der Waals surface area contributed by atoms with Crippen molar-refractivity contribution in [1.29, 1.82) is 0 Å². The van der Waals surface area contributed by atoms with E-state index in [-0.39, 0.29) is 6.10 Å². The molecule has 0 radical (unpaired) electrons. The summed E-state index contributed by atoms with van der Waals surface area (Å²) < 4.78 is 72.5. The third-order valence-electron chi connectivity index (χ3n) is 4.09. The highest BCUT2D eigenvalue weighted by molar-refractivity contribution is 9.10. The van der Waals surface area contributed by atoms with Gasteiger partial charge in [-0.3, -0.25) is 10.2 Å². The topological polar surface area (TPSA) is 50.8 Å². The van der Waals surface area contributed by atoms with Crippen LogP contribution < -0.4 is 10.4 Å². The zero-order valence-electron chi connectivity index (χ0n) is 15.3. The van der Waals surface area contributed by atoms with Crippen LogP contribution in [0.3, 0.4) is 0 Å². The van der Waals surface area contributed by atoms with Crippen molar-refractivity contribution in [2.75, 3.05) is 5.06 Å². The van der Waals surface area contributed by atoms with E-state index in [1.807, 2.05) is 0 Å². The lowest BCUT2D eigenvalue weighted by Gasteiger charge is -2.35. The summed E-state index contributed by atoms with van der Waals surface area (Å²) in [4.78, 5) is 17.8. The van der Waals surface area contributed by atoms with Gasteiger partial charge < -0.3 is 4.74 Å². The lowest BCUT2D eigenvalue weighted by molar-refractivity contribution is 0.0428. The number of alkyl carbamates (subject to hydrolysis) is 1. The third kappa shape index (κ3) is 4.57. The van der Waals surface area contributed by atoms with Gasteiger partial charge in [0.25, 0.3) is 0 Å². The Bertz CT molecular complexity index is 958. The highest BCUT2D eigenvalue weighted by atomic mass is 79.9. The lowest BCUT2D eigenvalue weighted by atomic mass is 10.2. The van der Waals surface area contributed by atoms with E-state index in [2.05, 4.69) is 26.0 Å². The first-order chi connectivity index (χ1) is 14.2. The normalized spacial score (nSPS) is 18.4. The molecule has 1 aliphatic rings. The Labute approximate surface area is 176 Å². The molecule has 160 valence electrons. The largest absolute Gasteiger partial charge is 0.444 e. The van der Waals surface area contributed by atoms with E-state index in [4.69, 9.17) is 4.84 Å². The molecular weight excluding hydrogens is 479 g/mol. The van der Waals surface area contributed by atoms with E-state index in [1.165, 1.54) is 5.06 Å². The maximum Gasteiger partial charge on any atom is 0.409 e. The Morgan fingerprint density at radius 3 is 2.20 bits per heavy atom. The monoisotopic (exact) mass is 492 g/mol. The quantitative estimate of drug-likeness (QED) is 0.279. The fourth-order valence-electron chi connectivity index (χ4n) is 2.61. The van der Waals surface area contributed by atoms with Gasteiger partial charge >= 0.3 is 6.09 Å². The Hall–Kier alpha value is -2.66. The van der Waals surface area contributed by atoms with Crippen molar-refractivity contribution in [3.8, 4) is 0 Å². The summed E-state index contributed by atoms with van der Waals surface area (Å²) in [6.45, 7) is 0.601. The fourth-order valence-corrected chi connectivity index (χ4v) is 2.88. The molecule has 2 aromatic carbocycles. The van der Waals surface area contributed by atoms with Crippen LogP contribution >= 0.6 is 15.9 Å². The molecule has 3 rings (SSSR count). The van der Waals surface area contributed by atoms with Gasteiger partial charge in [0.15, 0.2) is 23.3 Å². The number of ether oxygens (including phenoxy) is 1. The standard InChI is InChI=1S/C19H14BrF5N2O3/c1-9-2-7-13(27(30-9)11-5-3-10(20)4-6-11)26-19(28)29-8-12-14(21)16(23)18(25)17(24)15(12)22/h2-7,9,13H,8H2,1H3,(H,26,28). The summed E-state index contributed by atoms with van der Waals surface area (Å²) in [5.41, 5.74) is -0.671. The smallest absolute Gasteiger partial charge is 0.409 e. The van der Waals surface area contributed by atoms with Crippen LogP contribution in [0, 0.1) is 29.1 Å². The summed E-state index contributed by atoms with van der Waals surface area (Å²) in [7, 11) is 0. The molecule has 0 fully saturated rings. The van der Waals surface area contributed by atoms with E-state index < -0.39 is 53.5 Å². The average Bonchev–Trinajstić information content (AvgIpc) is 2.72. The minimum absolute atomic E-state index is 0.309. The van der Waals surface area contributed by atoms with Crippen LogP contribution in [0.1, 0.15) is 12.5 Å². The SMILES string of the molecule is CC1C=CC(NC(=O)OCc2c(F)c(F)c(F)c(F)c2F)N(c2ccc(Br)cc2)O1. The molecule has 0 spiro atoms. The van der Waals surface area contributed by atoms with Crippen LogP contribution in [0.15, 0.2) is 40.9 Å². The molecule has 0 saturated heterocycles. The van der Waals surface area contributed by atoms with Crippen molar-refractivity contribution in [1.82, 2.24) is 5.32 Å². The molecule has 5 nitrogen and oxygen atoms in total. The van der Waals surface area contributed by atoms with Gasteiger partial charge in [-0.15, -0.1) is 0 Å². The Kier molecular flexibility index (Phi) is 6.61. The number of hydrogen-bond donors (Lipinski definition) is 1. The highest BCUT2D eigenvalue weighted by Crippen LogP contribution is 2.25. The number of carbonyl (C=O) groups excluding carboxylic acids is 1. The first-order valence-electron chi connectivity index (χ1n) is 8.52. The van der Waals surface area contributed by atoms with Crippen LogP contribution in [-0.4, -0.2) is 18.4 Å². The van der Waals surface area contributed by atoms with Gasteiger partial charge in [0.05, 0.1) is 11.3 Å². The van der Waals surface area contributed by atoms with E-state index in [9.17, 15) is 26.7 Å². The summed E-state index contributed by atoms with van der Waals surface area (Å²) in [6.07, 6.45) is 0.927. The van der Waals surface area contributed by atoms with Gasteiger partial charge in [-0.1, -0.05) is 22.0 Å². The number of halogens is 6. The summed E-state index contributed by atoms with van der Waals surface area (Å²) in [6, 6.07) is 6.93. The molecule has 2 aromatic rings. The van der Waals surface area contributed by atoms with E-state index in [1.54, 1.807) is 43.3 Å². The Morgan fingerprint density at radius 2 is 1.60 bits per heavy atom. The summed E-state index contributed by atoms with van der Waals surface area (Å²) >= 11 is 3.30. The number of benzene rings is 2. The minimum Gasteiger partial charge on any atom is -0.444 e. The van der Waals surface area contributed by atoms with Crippen molar-refractivity contribution < 1.29 is 36.3 Å². The second-order valence-electron chi connectivity index (χ2n) is 6.21. The Morgan fingerprint density at radius 1 is 1.03 bits per heavy atom. The van der Waals surface area contributed by atoms with E-state index in [0.29, 0.717) is 5.69 Å². The van der Waals surface area contributed by atoms with Crippen LogP contribution in [0.2, 0.25) is 0 Å². The lowest BCUT2D eigenvalue weighted by Crippen LogP contribution is -2.50. The second-order valence-corrected chi connectivity index (χ2v) is 7.13. The summed E-state index contributed by atoms with van der Waals surface area (Å²) in [5, 5.41) is 3.76. The molecule has 2 unspecified atom stereocenters. The van der Waals surface area contributed by atoms with Gasteiger partial charge in [-0.25, -0.2) is 31.8 Å². The number of hydroxylamine groups is 1. The molecule has 0 aliphatic carbocycles. The molecule has 0 saturated carbocycles. The van der Waals surface area contributed by atoms with E-state index in [0.717, 1.165) is 4.47 Å². The molecule has 0 bridgehead atoms. The van der Waals surface area contributed by atoms with Crippen LogP contribution in [0.25, 0.3) is 0 Å². The van der Waals surface area contributed by atoms with Crippen LogP contribution in [0.4, 0.5) is 32.4 Å². The van der Waals surface area contributed by atoms with E-state index >= 15 is 0 Å². The van der Waals surface area contributed by atoms with Crippen molar-refractivity contribution in [2.24, 2.45) is 0 Å². The predicted molar refractivity (Wildman–Crippen MR) is 99.6 cm³/mol. The number of hydrogen-bond acceptors (Lipinski definition) is 4. The maximum absolute atomic E-state index is 13.7. The van der Waals surface area contributed by atoms with Gasteiger partial charge in [-0.2, -0.15) is 0 Å². The zero-order valence-corrected chi connectivity index (χ0v) is 16.9. The molecule has 1 N–H and O–H groups in total. The molecule has 30 heavy (non-hydrogen) atoms. The van der Waals surface area contributed by atoms with Gasteiger partial charge in [0, 0.05) is 4.47 Å². The van der Waals surface area contributed by atoms with Crippen LogP contribution in [0.5, 0.6) is 0 Å². The minimum atomic E-state index is -2.29. The fraction of sp³-hybridized carbons (Fsp3) is 0.211. The average molecular weight is 493 g/mol. The molecule has 1 heterocycles. The Balaban J connectivity index is 1.72. The first kappa shape index (κ1) is 22.0. The maximum atomic E-state index is 13.7. The number of amides is 1. The van der Waals surface area contributed by atoms with Gasteiger partial charge in [0.2, 0.25) is 5.82 Å². The van der Waals surface area contributed by atoms with Crippen LogP contribution in [-0.2, 0) is 16.2 Å². The number of rotatable bonds is 4. The number of anilines is 1. The molecular formula is C19H14BrF5N2O3. The van der Waals surface area contributed by atoms with Gasteiger partial charge in [0.1, 0.15) is 18.9 Å². The predicted octanol–water partition coefficient (Wildman–Crippen LogP) is 5.09. The van der Waals surface area contributed by atoms with Crippen molar-refractivity contribution in [3.63, 3.8) is 0 Å². The molecule has 1 aliphatic heterocycles. The molecule has 11 heteroatoms. The highest BCUT2D eigenvalue weighted by Gasteiger charge is 2.28. The number of nitrogens with zero attached hydrogens (tertiary/aromatic N) is 1. The summed E-state index contributed by atoms with van der Waals surface area (Å²) in [5.74, 6) is -10.7. The molecule has 0 aromatic heterocycles. The van der Waals surface area contributed by atoms with Gasteiger partial charge in [-0.05, 0) is 37.3 Å². The number of nitrogens with one attached hydrogen (secondary N) is 1. The van der Waals surface area contributed by atoms with Crippen molar-refractivity contribution >= 4 is 27.7 Å². The van der Waals surface area contributed by atoms with Crippen molar-refractivity contribution in [3.05, 3.63) is 75.5 Å². The third-order valence-corrected chi connectivity index (χ3v) is 4.62. The number of carbonyl (C=O) groups is 1. The zero-order chi connectivity index (χ0) is 22.0. The second kappa shape index (κ2) is 9.00. The van der Waals surface area contributed by atoms with Crippen molar-refractivity contribution in [2.45, 2.75) is 25.8 Å². The molecule has 1 amide bonds. The first-order valence-corrected chi connectivity index (χ1v) is 9.31. The molecule has 2 atom stereocenters.